The Bertz CT molecular complexity index is 451. The Kier molecular flexibility index (Phi) is 2.28. The Hall–Kier alpha value is -1.68. The fourth-order valence-electron chi connectivity index (χ4n) is 1.18. The van der Waals surface area contributed by atoms with Crippen molar-refractivity contribution in [3.8, 4) is 10.4 Å². The van der Waals surface area contributed by atoms with Gasteiger partial charge >= 0.3 is 0 Å². The van der Waals surface area contributed by atoms with Crippen LogP contribution in [0.4, 0.5) is 0 Å². The number of hydrogen-bond donors (Lipinski definition) is 1. The van der Waals surface area contributed by atoms with Gasteiger partial charge in [0.1, 0.15) is 0 Å². The van der Waals surface area contributed by atoms with Crippen LogP contribution in [0.25, 0.3) is 10.4 Å². The van der Waals surface area contributed by atoms with Gasteiger partial charge in [0.2, 0.25) is 5.91 Å². The summed E-state index contributed by atoms with van der Waals surface area (Å²) >= 11 is 1.53. The van der Waals surface area contributed by atoms with E-state index in [1.54, 1.807) is 23.8 Å². The van der Waals surface area contributed by atoms with E-state index in [0.717, 1.165) is 10.4 Å². The van der Waals surface area contributed by atoms with E-state index in [1.165, 1.54) is 11.3 Å². The second kappa shape index (κ2) is 3.59. The van der Waals surface area contributed by atoms with Crippen molar-refractivity contribution < 1.29 is 4.79 Å². The summed E-state index contributed by atoms with van der Waals surface area (Å²) in [5.74, 6) is -0.406. The number of aromatic nitrogens is 1. The van der Waals surface area contributed by atoms with Crippen molar-refractivity contribution in [2.75, 3.05) is 0 Å². The highest BCUT2D eigenvalue weighted by Gasteiger charge is 2.03. The molecule has 0 atom stereocenters. The minimum absolute atomic E-state index is 0.406. The minimum Gasteiger partial charge on any atom is -0.366 e. The highest BCUT2D eigenvalue weighted by Crippen LogP contribution is 2.23. The van der Waals surface area contributed by atoms with Crippen LogP contribution in [0, 0.1) is 0 Å². The number of carbonyl (C=O) groups excluding carboxylic acids is 1. The lowest BCUT2D eigenvalue weighted by atomic mass is 10.1. The molecule has 70 valence electrons. The van der Waals surface area contributed by atoms with Crippen LogP contribution in [-0.4, -0.2) is 10.9 Å². The Morgan fingerprint density at radius 1 is 1.43 bits per heavy atom. The Morgan fingerprint density at radius 2 is 2.29 bits per heavy atom. The maximum atomic E-state index is 10.9. The predicted molar refractivity (Wildman–Crippen MR) is 56.1 cm³/mol. The first-order chi connectivity index (χ1) is 6.77. The van der Waals surface area contributed by atoms with Crippen molar-refractivity contribution in [1.29, 1.82) is 0 Å². The maximum Gasteiger partial charge on any atom is 0.248 e. The predicted octanol–water partition coefficient (Wildman–Crippen LogP) is 1.91. The van der Waals surface area contributed by atoms with Crippen LogP contribution in [0.3, 0.4) is 0 Å². The van der Waals surface area contributed by atoms with Gasteiger partial charge < -0.3 is 5.73 Å². The first-order valence-electron chi connectivity index (χ1n) is 4.06. The van der Waals surface area contributed by atoms with Crippen LogP contribution in [0.2, 0.25) is 0 Å². The van der Waals surface area contributed by atoms with Crippen LogP contribution >= 0.6 is 11.3 Å². The molecule has 0 fully saturated rings. The van der Waals surface area contributed by atoms with Gasteiger partial charge in [0.15, 0.2) is 0 Å². The van der Waals surface area contributed by atoms with Crippen molar-refractivity contribution in [3.05, 3.63) is 41.5 Å². The lowest BCUT2D eigenvalue weighted by Crippen LogP contribution is -2.10. The third kappa shape index (κ3) is 1.65. The van der Waals surface area contributed by atoms with E-state index >= 15 is 0 Å². The fourth-order valence-corrected chi connectivity index (χ4v) is 1.80. The lowest BCUT2D eigenvalue weighted by Gasteiger charge is -1.98. The monoisotopic (exact) mass is 204 g/mol. The first-order valence-corrected chi connectivity index (χ1v) is 4.94. The van der Waals surface area contributed by atoms with Gasteiger partial charge in [-0.25, -0.2) is 0 Å². The number of primary amides is 1. The third-order valence-electron chi connectivity index (χ3n) is 1.86. The second-order valence-corrected chi connectivity index (χ2v) is 3.70. The van der Waals surface area contributed by atoms with Gasteiger partial charge in [-0.3, -0.25) is 9.78 Å². The summed E-state index contributed by atoms with van der Waals surface area (Å²) in [6, 6.07) is 7.22. The Morgan fingerprint density at radius 3 is 2.93 bits per heavy atom. The van der Waals surface area contributed by atoms with Crippen molar-refractivity contribution in [2.45, 2.75) is 0 Å². The third-order valence-corrected chi connectivity index (χ3v) is 2.69. The quantitative estimate of drug-likeness (QED) is 0.812. The zero-order chi connectivity index (χ0) is 9.97. The molecule has 0 spiro atoms. The molecule has 4 heteroatoms. The molecule has 0 radical (unpaired) electrons. The van der Waals surface area contributed by atoms with E-state index < -0.39 is 5.91 Å². The van der Waals surface area contributed by atoms with Crippen LogP contribution < -0.4 is 5.73 Å². The second-order valence-electron chi connectivity index (χ2n) is 2.81. The van der Waals surface area contributed by atoms with Crippen LogP contribution in [0.1, 0.15) is 10.4 Å². The number of nitrogens with two attached hydrogens (primary N) is 1. The molecule has 0 saturated carbocycles. The van der Waals surface area contributed by atoms with Gasteiger partial charge in [0, 0.05) is 11.8 Å². The van der Waals surface area contributed by atoms with Crippen LogP contribution in [-0.2, 0) is 0 Å². The maximum absolute atomic E-state index is 10.9. The van der Waals surface area contributed by atoms with E-state index in [9.17, 15) is 4.79 Å². The average Bonchev–Trinajstić information content (AvgIpc) is 2.71. The summed E-state index contributed by atoms with van der Waals surface area (Å²) in [6.45, 7) is 0. The number of rotatable bonds is 2. The molecule has 1 aromatic heterocycles. The van der Waals surface area contributed by atoms with Crippen LogP contribution in [0.5, 0.6) is 0 Å². The molecule has 0 aliphatic carbocycles. The molecule has 0 aliphatic rings. The van der Waals surface area contributed by atoms with Gasteiger partial charge in [0.25, 0.3) is 0 Å². The van der Waals surface area contributed by atoms with Gasteiger partial charge in [-0.05, 0) is 17.7 Å². The molecule has 0 saturated heterocycles. The molecule has 2 rings (SSSR count). The highest BCUT2D eigenvalue weighted by atomic mass is 32.1. The SMILES string of the molecule is NC(=O)c1cccc(-c2cncs2)c1. The number of nitrogens with zero attached hydrogens (tertiary/aromatic N) is 1. The topological polar surface area (TPSA) is 56.0 Å². The lowest BCUT2D eigenvalue weighted by molar-refractivity contribution is 0.100. The largest absolute Gasteiger partial charge is 0.366 e. The molecule has 0 unspecified atom stereocenters. The summed E-state index contributed by atoms with van der Waals surface area (Å²) < 4.78 is 0. The van der Waals surface area contributed by atoms with E-state index in [-0.39, 0.29) is 0 Å². The normalized spacial score (nSPS) is 10.0. The van der Waals surface area contributed by atoms with Crippen molar-refractivity contribution in [1.82, 2.24) is 4.98 Å². The number of benzene rings is 1. The Balaban J connectivity index is 2.46. The number of carbonyl (C=O) groups is 1. The van der Waals surface area contributed by atoms with Crippen molar-refractivity contribution in [2.24, 2.45) is 5.73 Å². The fraction of sp³-hybridized carbons (Fsp3) is 0. The van der Waals surface area contributed by atoms with Crippen LogP contribution in [0.15, 0.2) is 36.0 Å². The van der Waals surface area contributed by atoms with E-state index in [2.05, 4.69) is 4.98 Å². The molecule has 2 aromatic rings. The van der Waals surface area contributed by atoms with E-state index in [4.69, 9.17) is 5.73 Å². The number of thiazole rings is 1. The molecule has 1 amide bonds. The van der Waals surface area contributed by atoms with Crippen molar-refractivity contribution in [3.63, 3.8) is 0 Å². The van der Waals surface area contributed by atoms with Gasteiger partial charge in [0.05, 0.1) is 10.4 Å². The van der Waals surface area contributed by atoms with E-state index in [1.807, 2.05) is 12.1 Å². The Labute approximate surface area is 85.2 Å². The summed E-state index contributed by atoms with van der Waals surface area (Å²) in [6.07, 6.45) is 1.77. The zero-order valence-electron chi connectivity index (χ0n) is 7.31. The zero-order valence-corrected chi connectivity index (χ0v) is 8.12. The average molecular weight is 204 g/mol. The van der Waals surface area contributed by atoms with E-state index in [0.29, 0.717) is 5.56 Å². The molecule has 0 aliphatic heterocycles. The summed E-state index contributed by atoms with van der Waals surface area (Å²) in [4.78, 5) is 15.9. The van der Waals surface area contributed by atoms with Gasteiger partial charge in [-0.2, -0.15) is 0 Å². The molecular formula is C10H8N2OS. The van der Waals surface area contributed by atoms with Crippen molar-refractivity contribution >= 4 is 17.2 Å². The highest BCUT2D eigenvalue weighted by molar-refractivity contribution is 7.13. The summed E-state index contributed by atoms with van der Waals surface area (Å²) in [5, 5.41) is 0. The molecule has 2 N–H and O–H groups in total. The first kappa shape index (κ1) is 8.90. The standard InChI is InChI=1S/C10H8N2OS/c11-10(13)8-3-1-2-7(4-8)9-5-12-6-14-9/h1-6H,(H2,11,13). The van der Waals surface area contributed by atoms with Gasteiger partial charge in [-0.1, -0.05) is 12.1 Å². The van der Waals surface area contributed by atoms with Gasteiger partial charge in [-0.15, -0.1) is 11.3 Å². The molecule has 1 heterocycles. The number of hydrogen-bond acceptors (Lipinski definition) is 3. The molecule has 14 heavy (non-hydrogen) atoms. The summed E-state index contributed by atoms with van der Waals surface area (Å²) in [5.41, 5.74) is 8.44. The number of amides is 1. The smallest absolute Gasteiger partial charge is 0.248 e. The summed E-state index contributed by atoms with van der Waals surface area (Å²) in [7, 11) is 0. The minimum atomic E-state index is -0.406. The molecule has 1 aromatic carbocycles. The molecule has 3 nitrogen and oxygen atoms in total. The molecular weight excluding hydrogens is 196 g/mol. The molecule has 0 bridgehead atoms.